The van der Waals surface area contributed by atoms with E-state index >= 15 is 0 Å². The van der Waals surface area contributed by atoms with Gasteiger partial charge in [-0.05, 0) is 12.2 Å². The molecule has 0 aromatic heterocycles. The number of carbonyl (C=O) groups is 3. The van der Waals surface area contributed by atoms with E-state index in [4.69, 9.17) is 15.9 Å². The van der Waals surface area contributed by atoms with Crippen molar-refractivity contribution in [1.29, 1.82) is 0 Å². The van der Waals surface area contributed by atoms with Crippen LogP contribution in [0.3, 0.4) is 0 Å². The third kappa shape index (κ3) is 3.19. The molecule has 0 aromatic rings. The van der Waals surface area contributed by atoms with Gasteiger partial charge in [-0.25, -0.2) is 9.59 Å². The van der Waals surface area contributed by atoms with Crippen molar-refractivity contribution in [3.63, 3.8) is 0 Å². The lowest BCUT2D eigenvalue weighted by Gasteiger charge is -1.97. The van der Waals surface area contributed by atoms with Gasteiger partial charge in [-0.3, -0.25) is 4.79 Å². The van der Waals surface area contributed by atoms with Gasteiger partial charge in [-0.2, -0.15) is 0 Å². The molecule has 0 aromatic carbocycles. The van der Waals surface area contributed by atoms with Gasteiger partial charge >= 0.3 is 11.9 Å². The predicted octanol–water partition coefficient (Wildman–Crippen LogP) is -0.876. The highest BCUT2D eigenvalue weighted by Gasteiger charge is 2.13. The SMILES string of the molecule is N/C(C(=O)O)=C(\C=C/C=O)C(=O)O. The maximum atomic E-state index is 10.4. The zero-order chi connectivity index (χ0) is 10.4. The smallest absolute Gasteiger partial charge is 0.352 e. The van der Waals surface area contributed by atoms with E-state index in [1.807, 2.05) is 0 Å². The molecule has 0 unspecified atom stereocenters. The molecule has 0 spiro atoms. The first-order chi connectivity index (χ1) is 6.00. The molecule has 0 saturated heterocycles. The minimum atomic E-state index is -1.55. The molecule has 0 heterocycles. The second-order valence-electron chi connectivity index (χ2n) is 1.93. The molecule has 0 fully saturated rings. The summed E-state index contributed by atoms with van der Waals surface area (Å²) in [5, 5.41) is 16.8. The van der Waals surface area contributed by atoms with Crippen molar-refractivity contribution < 1.29 is 24.6 Å². The Morgan fingerprint density at radius 1 is 1.15 bits per heavy atom. The standard InChI is InChI=1S/C7H7NO5/c8-5(7(12)13)4(6(10)11)2-1-3-9/h1-3H,8H2,(H,10,11)(H,12,13)/b2-1-,5-4+. The highest BCUT2D eigenvalue weighted by Crippen LogP contribution is 2.01. The summed E-state index contributed by atoms with van der Waals surface area (Å²) in [4.78, 5) is 30.5. The predicted molar refractivity (Wildman–Crippen MR) is 41.7 cm³/mol. The van der Waals surface area contributed by atoms with Crippen LogP contribution in [0.4, 0.5) is 0 Å². The van der Waals surface area contributed by atoms with E-state index in [-0.39, 0.29) is 0 Å². The summed E-state index contributed by atoms with van der Waals surface area (Å²) in [7, 11) is 0. The van der Waals surface area contributed by atoms with Crippen LogP contribution >= 0.6 is 0 Å². The lowest BCUT2D eigenvalue weighted by atomic mass is 10.2. The van der Waals surface area contributed by atoms with Gasteiger partial charge in [0.2, 0.25) is 0 Å². The van der Waals surface area contributed by atoms with Crippen LogP contribution < -0.4 is 5.73 Å². The van der Waals surface area contributed by atoms with Gasteiger partial charge in [-0.15, -0.1) is 0 Å². The maximum absolute atomic E-state index is 10.4. The minimum absolute atomic E-state index is 0.318. The number of carboxylic acids is 2. The number of carbonyl (C=O) groups excluding carboxylic acids is 1. The molecule has 0 aliphatic rings. The first-order valence-corrected chi connectivity index (χ1v) is 3.09. The van der Waals surface area contributed by atoms with Crippen LogP contribution in [0.1, 0.15) is 0 Å². The number of nitrogens with two attached hydrogens (primary N) is 1. The minimum Gasteiger partial charge on any atom is -0.478 e. The third-order valence-corrected chi connectivity index (χ3v) is 1.09. The average Bonchev–Trinajstić information content (AvgIpc) is 2.04. The van der Waals surface area contributed by atoms with Crippen LogP contribution in [0.2, 0.25) is 0 Å². The topological polar surface area (TPSA) is 118 Å². The molecule has 0 aliphatic carbocycles. The number of aldehydes is 1. The molecule has 0 radical (unpaired) electrons. The van der Waals surface area contributed by atoms with Crippen LogP contribution in [0.5, 0.6) is 0 Å². The van der Waals surface area contributed by atoms with E-state index in [9.17, 15) is 14.4 Å². The van der Waals surface area contributed by atoms with E-state index in [2.05, 4.69) is 0 Å². The Balaban J connectivity index is 5.11. The number of hydrogen-bond donors (Lipinski definition) is 3. The third-order valence-electron chi connectivity index (χ3n) is 1.09. The normalized spacial score (nSPS) is 12.3. The molecule has 70 valence electrons. The number of rotatable bonds is 4. The molecular formula is C7H7NO5. The largest absolute Gasteiger partial charge is 0.478 e. The second kappa shape index (κ2) is 4.70. The van der Waals surface area contributed by atoms with Gasteiger partial charge in [0.05, 0.1) is 5.57 Å². The molecule has 0 aliphatic heterocycles. The molecular weight excluding hydrogens is 178 g/mol. The van der Waals surface area contributed by atoms with Gasteiger partial charge in [-0.1, -0.05) is 0 Å². The summed E-state index contributed by atoms with van der Waals surface area (Å²) in [5.74, 6) is -3.05. The lowest BCUT2D eigenvalue weighted by Crippen LogP contribution is -2.16. The van der Waals surface area contributed by atoms with Crippen LogP contribution in [-0.2, 0) is 14.4 Å². The fraction of sp³-hybridized carbons (Fsp3) is 0. The van der Waals surface area contributed by atoms with Crippen LogP contribution in [0, 0.1) is 0 Å². The molecule has 6 nitrogen and oxygen atoms in total. The summed E-state index contributed by atoms with van der Waals surface area (Å²) >= 11 is 0. The van der Waals surface area contributed by atoms with Crippen molar-refractivity contribution in [2.75, 3.05) is 0 Å². The summed E-state index contributed by atoms with van der Waals surface area (Å²) < 4.78 is 0. The molecule has 13 heavy (non-hydrogen) atoms. The summed E-state index contributed by atoms with van der Waals surface area (Å²) in [6.07, 6.45) is 1.98. The quantitative estimate of drug-likeness (QED) is 0.297. The number of allylic oxidation sites excluding steroid dienone is 1. The highest BCUT2D eigenvalue weighted by atomic mass is 16.4. The molecule has 0 amide bonds. The highest BCUT2D eigenvalue weighted by molar-refractivity contribution is 6.00. The van der Waals surface area contributed by atoms with Gasteiger partial charge < -0.3 is 15.9 Å². The van der Waals surface area contributed by atoms with Gasteiger partial charge in [0.25, 0.3) is 0 Å². The number of hydrogen-bond acceptors (Lipinski definition) is 4. The van der Waals surface area contributed by atoms with Crippen molar-refractivity contribution >= 4 is 18.2 Å². The maximum Gasteiger partial charge on any atom is 0.352 e. The van der Waals surface area contributed by atoms with E-state index in [1.165, 1.54) is 0 Å². The number of aliphatic carboxylic acids is 2. The summed E-state index contributed by atoms with van der Waals surface area (Å²) in [6.45, 7) is 0. The Hall–Kier alpha value is -2.11. The zero-order valence-corrected chi connectivity index (χ0v) is 6.43. The summed E-state index contributed by atoms with van der Waals surface area (Å²) in [5.41, 5.74) is 3.49. The Bertz CT molecular complexity index is 302. The van der Waals surface area contributed by atoms with E-state index in [0.29, 0.717) is 6.29 Å². The van der Waals surface area contributed by atoms with Crippen molar-refractivity contribution in [2.24, 2.45) is 5.73 Å². The molecule has 6 heteroatoms. The Kier molecular flexibility index (Phi) is 3.94. The van der Waals surface area contributed by atoms with Gasteiger partial charge in [0, 0.05) is 0 Å². The van der Waals surface area contributed by atoms with Crippen LogP contribution in [0.25, 0.3) is 0 Å². The van der Waals surface area contributed by atoms with Crippen molar-refractivity contribution in [2.45, 2.75) is 0 Å². The lowest BCUT2D eigenvalue weighted by molar-refractivity contribution is -0.135. The average molecular weight is 185 g/mol. The number of carboxylic acid groups (broad SMARTS) is 2. The fourth-order valence-electron chi connectivity index (χ4n) is 0.527. The van der Waals surface area contributed by atoms with E-state index in [0.717, 1.165) is 12.2 Å². The van der Waals surface area contributed by atoms with Crippen molar-refractivity contribution in [3.8, 4) is 0 Å². The monoisotopic (exact) mass is 185 g/mol. The Morgan fingerprint density at radius 2 is 1.69 bits per heavy atom. The van der Waals surface area contributed by atoms with Crippen molar-refractivity contribution in [1.82, 2.24) is 0 Å². The van der Waals surface area contributed by atoms with E-state index < -0.39 is 23.2 Å². The van der Waals surface area contributed by atoms with Gasteiger partial charge in [0.15, 0.2) is 0 Å². The first-order valence-electron chi connectivity index (χ1n) is 3.09. The molecule has 4 N–H and O–H groups in total. The zero-order valence-electron chi connectivity index (χ0n) is 6.43. The van der Waals surface area contributed by atoms with Crippen LogP contribution in [-0.4, -0.2) is 28.4 Å². The molecule has 0 rings (SSSR count). The van der Waals surface area contributed by atoms with Crippen molar-refractivity contribution in [3.05, 3.63) is 23.4 Å². The van der Waals surface area contributed by atoms with E-state index in [1.54, 1.807) is 0 Å². The first kappa shape index (κ1) is 10.9. The molecule has 0 bridgehead atoms. The Morgan fingerprint density at radius 3 is 2.00 bits per heavy atom. The van der Waals surface area contributed by atoms with Crippen LogP contribution in [0.15, 0.2) is 23.4 Å². The second-order valence-corrected chi connectivity index (χ2v) is 1.93. The summed E-state index contributed by atoms with van der Waals surface area (Å²) in [6, 6.07) is 0. The Labute approximate surface area is 73.0 Å². The van der Waals surface area contributed by atoms with Gasteiger partial charge in [0.1, 0.15) is 12.0 Å². The molecule has 0 saturated carbocycles. The molecule has 0 atom stereocenters. The fourth-order valence-corrected chi connectivity index (χ4v) is 0.527.